The average Bonchev–Trinajstić information content (AvgIpc) is 2.15. The third-order valence-electron chi connectivity index (χ3n) is 2.59. The lowest BCUT2D eigenvalue weighted by atomic mass is 10.0. The van der Waals surface area contributed by atoms with Crippen LogP contribution in [0, 0.1) is 5.92 Å². The first-order valence-corrected chi connectivity index (χ1v) is 5.36. The van der Waals surface area contributed by atoms with Gasteiger partial charge in [-0.05, 0) is 20.3 Å². The van der Waals surface area contributed by atoms with Gasteiger partial charge in [-0.2, -0.15) is 0 Å². The molecule has 3 atom stereocenters. The lowest BCUT2D eigenvalue weighted by molar-refractivity contribution is -0.145. The molecule has 0 saturated carbocycles. The van der Waals surface area contributed by atoms with E-state index in [1.54, 1.807) is 0 Å². The van der Waals surface area contributed by atoms with Crippen molar-refractivity contribution in [3.05, 3.63) is 0 Å². The van der Waals surface area contributed by atoms with E-state index in [1.807, 2.05) is 13.8 Å². The predicted molar refractivity (Wildman–Crippen MR) is 58.1 cm³/mol. The van der Waals surface area contributed by atoms with Crippen molar-refractivity contribution in [3.8, 4) is 0 Å². The second-order valence-electron chi connectivity index (χ2n) is 3.96. The number of carbonyl (C=O) groups is 1. The topological polar surface area (TPSA) is 38.3 Å². The highest BCUT2D eigenvalue weighted by atomic mass is 16.5. The largest absolute Gasteiger partial charge is 0.469 e. The lowest BCUT2D eigenvalue weighted by Crippen LogP contribution is -2.41. The molecule has 1 N–H and O–H groups in total. The minimum absolute atomic E-state index is 0.0840. The fraction of sp³-hybridized carbons (Fsp3) is 0.909. The van der Waals surface area contributed by atoms with Crippen LogP contribution >= 0.6 is 0 Å². The molecule has 0 aliphatic carbocycles. The molecular formula is C11H23NO2. The number of hydrogen-bond acceptors (Lipinski definition) is 3. The zero-order chi connectivity index (χ0) is 11.1. The van der Waals surface area contributed by atoms with Crippen molar-refractivity contribution in [1.82, 2.24) is 5.32 Å². The first kappa shape index (κ1) is 13.4. The van der Waals surface area contributed by atoms with Crippen LogP contribution in [0.4, 0.5) is 0 Å². The van der Waals surface area contributed by atoms with E-state index in [2.05, 4.69) is 19.2 Å². The van der Waals surface area contributed by atoms with Gasteiger partial charge >= 0.3 is 5.97 Å². The van der Waals surface area contributed by atoms with E-state index >= 15 is 0 Å². The van der Waals surface area contributed by atoms with Gasteiger partial charge in [0.2, 0.25) is 0 Å². The first-order chi connectivity index (χ1) is 6.52. The molecule has 0 bridgehead atoms. The van der Waals surface area contributed by atoms with Crippen LogP contribution in [-0.2, 0) is 9.53 Å². The highest BCUT2D eigenvalue weighted by Crippen LogP contribution is 2.07. The van der Waals surface area contributed by atoms with E-state index in [9.17, 15) is 4.79 Å². The van der Waals surface area contributed by atoms with E-state index in [0.717, 1.165) is 12.8 Å². The van der Waals surface area contributed by atoms with Crippen LogP contribution in [0.5, 0.6) is 0 Å². The summed E-state index contributed by atoms with van der Waals surface area (Å²) in [5.41, 5.74) is 0. The van der Waals surface area contributed by atoms with Crippen molar-refractivity contribution in [2.45, 2.75) is 52.6 Å². The molecule has 0 amide bonds. The number of hydrogen-bond donors (Lipinski definition) is 1. The minimum Gasteiger partial charge on any atom is -0.469 e. The molecule has 14 heavy (non-hydrogen) atoms. The Hall–Kier alpha value is -0.570. The van der Waals surface area contributed by atoms with E-state index in [1.165, 1.54) is 7.11 Å². The van der Waals surface area contributed by atoms with Crippen LogP contribution in [0.1, 0.15) is 40.5 Å². The monoisotopic (exact) mass is 201 g/mol. The Balaban J connectivity index is 3.93. The van der Waals surface area contributed by atoms with Crippen molar-refractivity contribution in [3.63, 3.8) is 0 Å². The first-order valence-electron chi connectivity index (χ1n) is 5.36. The summed E-state index contributed by atoms with van der Waals surface area (Å²) in [4.78, 5) is 11.2. The smallest absolute Gasteiger partial charge is 0.309 e. The maximum Gasteiger partial charge on any atom is 0.309 e. The molecule has 3 heteroatoms. The maximum absolute atomic E-state index is 11.2. The van der Waals surface area contributed by atoms with Crippen LogP contribution in [0.2, 0.25) is 0 Å². The normalized spacial score (nSPS) is 17.2. The van der Waals surface area contributed by atoms with E-state index in [0.29, 0.717) is 6.04 Å². The van der Waals surface area contributed by atoms with Crippen LogP contribution in [0.25, 0.3) is 0 Å². The van der Waals surface area contributed by atoms with Gasteiger partial charge in [-0.3, -0.25) is 4.79 Å². The van der Waals surface area contributed by atoms with Crippen molar-refractivity contribution < 1.29 is 9.53 Å². The molecule has 0 radical (unpaired) electrons. The van der Waals surface area contributed by atoms with Gasteiger partial charge in [0.05, 0.1) is 13.0 Å². The number of esters is 1. The third-order valence-corrected chi connectivity index (χ3v) is 2.59. The Morgan fingerprint density at radius 1 is 1.36 bits per heavy atom. The summed E-state index contributed by atoms with van der Waals surface area (Å²) >= 11 is 0. The Bertz CT molecular complexity index is 171. The van der Waals surface area contributed by atoms with Gasteiger partial charge in [-0.15, -0.1) is 0 Å². The third kappa shape index (κ3) is 4.61. The fourth-order valence-corrected chi connectivity index (χ4v) is 1.50. The van der Waals surface area contributed by atoms with E-state index in [-0.39, 0.29) is 17.9 Å². The Morgan fingerprint density at radius 2 is 1.93 bits per heavy atom. The van der Waals surface area contributed by atoms with Crippen LogP contribution in [0.3, 0.4) is 0 Å². The number of ether oxygens (including phenoxy) is 1. The molecule has 0 fully saturated rings. The van der Waals surface area contributed by atoms with Crippen molar-refractivity contribution in [2.24, 2.45) is 5.92 Å². The Kier molecular flexibility index (Phi) is 6.54. The number of methoxy groups -OCH3 is 1. The average molecular weight is 201 g/mol. The summed E-state index contributed by atoms with van der Waals surface area (Å²) in [6.07, 6.45) is 2.30. The van der Waals surface area contributed by atoms with Gasteiger partial charge in [-0.1, -0.05) is 20.3 Å². The molecule has 0 spiro atoms. The summed E-state index contributed by atoms with van der Waals surface area (Å²) in [5, 5.41) is 3.39. The Morgan fingerprint density at radius 3 is 2.36 bits per heavy atom. The standard InChI is InChI=1S/C11H23NO2/c1-6-7-8(2)12-10(4)9(3)11(13)14-5/h8-10,12H,6-7H2,1-5H3. The van der Waals surface area contributed by atoms with Gasteiger partial charge in [0.1, 0.15) is 0 Å². The van der Waals surface area contributed by atoms with Crippen LogP contribution in [-0.4, -0.2) is 25.2 Å². The molecule has 0 saturated heterocycles. The van der Waals surface area contributed by atoms with Gasteiger partial charge < -0.3 is 10.1 Å². The molecule has 0 aromatic heterocycles. The zero-order valence-electron chi connectivity index (χ0n) is 9.96. The highest BCUT2D eigenvalue weighted by molar-refractivity contribution is 5.72. The van der Waals surface area contributed by atoms with Crippen LogP contribution in [0.15, 0.2) is 0 Å². The van der Waals surface area contributed by atoms with E-state index < -0.39 is 0 Å². The molecule has 0 aromatic carbocycles. The number of carbonyl (C=O) groups excluding carboxylic acids is 1. The molecular weight excluding hydrogens is 178 g/mol. The molecule has 3 unspecified atom stereocenters. The highest BCUT2D eigenvalue weighted by Gasteiger charge is 2.21. The van der Waals surface area contributed by atoms with Gasteiger partial charge in [-0.25, -0.2) is 0 Å². The fourth-order valence-electron chi connectivity index (χ4n) is 1.50. The molecule has 0 rings (SSSR count). The predicted octanol–water partition coefficient (Wildman–Crippen LogP) is 1.96. The zero-order valence-corrected chi connectivity index (χ0v) is 9.96. The summed E-state index contributed by atoms with van der Waals surface area (Å²) in [6, 6.07) is 0.631. The van der Waals surface area contributed by atoms with Crippen LogP contribution < -0.4 is 5.32 Å². The van der Waals surface area contributed by atoms with Crippen molar-refractivity contribution in [2.75, 3.05) is 7.11 Å². The summed E-state index contributed by atoms with van der Waals surface area (Å²) in [6.45, 7) is 8.21. The maximum atomic E-state index is 11.2. The Labute approximate surface area is 87.2 Å². The van der Waals surface area contributed by atoms with Gasteiger partial charge in [0.15, 0.2) is 0 Å². The van der Waals surface area contributed by atoms with Crippen molar-refractivity contribution in [1.29, 1.82) is 0 Å². The van der Waals surface area contributed by atoms with Gasteiger partial charge in [0, 0.05) is 12.1 Å². The second kappa shape index (κ2) is 6.82. The molecule has 0 aliphatic rings. The molecule has 3 nitrogen and oxygen atoms in total. The minimum atomic E-state index is -0.145. The molecule has 0 aliphatic heterocycles. The van der Waals surface area contributed by atoms with E-state index in [4.69, 9.17) is 4.74 Å². The SMILES string of the molecule is CCCC(C)NC(C)C(C)C(=O)OC. The number of nitrogens with one attached hydrogen (secondary N) is 1. The second-order valence-corrected chi connectivity index (χ2v) is 3.96. The summed E-state index contributed by atoms with van der Waals surface area (Å²) < 4.78 is 4.70. The molecule has 84 valence electrons. The van der Waals surface area contributed by atoms with Crippen molar-refractivity contribution >= 4 is 5.97 Å². The number of rotatable bonds is 6. The molecule has 0 aromatic rings. The molecule has 0 heterocycles. The quantitative estimate of drug-likeness (QED) is 0.668. The summed E-state index contributed by atoms with van der Waals surface area (Å²) in [5.74, 6) is -0.229. The lowest BCUT2D eigenvalue weighted by Gasteiger charge is -2.23. The van der Waals surface area contributed by atoms with Gasteiger partial charge in [0.25, 0.3) is 0 Å². The summed E-state index contributed by atoms with van der Waals surface area (Å²) in [7, 11) is 1.43.